The van der Waals surface area contributed by atoms with E-state index in [0.29, 0.717) is 24.5 Å². The minimum Gasteiger partial charge on any atom is -0.469 e. The van der Waals surface area contributed by atoms with E-state index in [2.05, 4.69) is 33.6 Å². The predicted molar refractivity (Wildman–Crippen MR) is 81.4 cm³/mol. The lowest BCUT2D eigenvalue weighted by Gasteiger charge is -2.12. The van der Waals surface area contributed by atoms with Crippen molar-refractivity contribution in [2.45, 2.75) is 26.7 Å². The van der Waals surface area contributed by atoms with Crippen LogP contribution in [0.1, 0.15) is 24.0 Å². The van der Waals surface area contributed by atoms with Crippen molar-refractivity contribution in [2.24, 2.45) is 0 Å². The van der Waals surface area contributed by atoms with Gasteiger partial charge in [0.25, 0.3) is 0 Å². The molecular formula is C14H20N2O2S. The van der Waals surface area contributed by atoms with Gasteiger partial charge in [0, 0.05) is 18.7 Å². The predicted octanol–water partition coefficient (Wildman–Crippen LogP) is 2.54. The molecule has 0 aliphatic heterocycles. The molecule has 0 aliphatic rings. The van der Waals surface area contributed by atoms with Gasteiger partial charge in [0.1, 0.15) is 0 Å². The average Bonchev–Trinajstić information content (AvgIpc) is 2.38. The Morgan fingerprint density at radius 3 is 2.79 bits per heavy atom. The van der Waals surface area contributed by atoms with Crippen molar-refractivity contribution < 1.29 is 9.53 Å². The van der Waals surface area contributed by atoms with E-state index in [1.165, 1.54) is 12.7 Å². The molecule has 0 saturated heterocycles. The van der Waals surface area contributed by atoms with Gasteiger partial charge in [-0.15, -0.1) is 0 Å². The molecule has 1 rings (SSSR count). The quantitative estimate of drug-likeness (QED) is 0.493. The number of ether oxygens (including phenoxy) is 1. The maximum atomic E-state index is 10.9. The summed E-state index contributed by atoms with van der Waals surface area (Å²) >= 11 is 5.21. The molecular weight excluding hydrogens is 260 g/mol. The molecule has 4 nitrogen and oxygen atoms in total. The number of thiocarbonyl (C=S) groups is 1. The Morgan fingerprint density at radius 1 is 1.37 bits per heavy atom. The topological polar surface area (TPSA) is 50.4 Å². The number of nitrogens with one attached hydrogen (secondary N) is 2. The summed E-state index contributed by atoms with van der Waals surface area (Å²) in [5, 5.41) is 6.80. The fraction of sp³-hybridized carbons (Fsp3) is 0.429. The lowest BCUT2D eigenvalue weighted by Crippen LogP contribution is -2.29. The summed E-state index contributed by atoms with van der Waals surface area (Å²) in [4.78, 5) is 10.9. The molecule has 104 valence electrons. The molecule has 1 aromatic carbocycles. The van der Waals surface area contributed by atoms with Gasteiger partial charge in [-0.3, -0.25) is 4.79 Å². The lowest BCUT2D eigenvalue weighted by molar-refractivity contribution is -0.140. The number of carbonyl (C=O) groups excluding carboxylic acids is 1. The summed E-state index contributed by atoms with van der Waals surface area (Å²) < 4.78 is 4.57. The van der Waals surface area contributed by atoms with Crippen LogP contribution in [-0.4, -0.2) is 24.7 Å². The fourth-order valence-corrected chi connectivity index (χ4v) is 1.79. The van der Waals surface area contributed by atoms with Gasteiger partial charge in [-0.2, -0.15) is 0 Å². The molecule has 0 atom stereocenters. The van der Waals surface area contributed by atoms with Crippen LogP contribution in [0.3, 0.4) is 0 Å². The number of anilines is 1. The number of carbonyl (C=O) groups is 1. The third-order valence-electron chi connectivity index (χ3n) is 2.71. The molecule has 0 aliphatic carbocycles. The van der Waals surface area contributed by atoms with Gasteiger partial charge < -0.3 is 15.4 Å². The van der Waals surface area contributed by atoms with E-state index in [9.17, 15) is 4.79 Å². The van der Waals surface area contributed by atoms with Gasteiger partial charge >= 0.3 is 5.97 Å². The summed E-state index contributed by atoms with van der Waals surface area (Å²) in [6.45, 7) is 4.71. The lowest BCUT2D eigenvalue weighted by atomic mass is 10.1. The van der Waals surface area contributed by atoms with Crippen LogP contribution in [0, 0.1) is 13.8 Å². The van der Waals surface area contributed by atoms with Crippen molar-refractivity contribution in [1.29, 1.82) is 0 Å². The fourth-order valence-electron chi connectivity index (χ4n) is 1.57. The van der Waals surface area contributed by atoms with Gasteiger partial charge in [-0.1, -0.05) is 12.1 Å². The van der Waals surface area contributed by atoms with Crippen LogP contribution in [0.5, 0.6) is 0 Å². The van der Waals surface area contributed by atoms with Crippen molar-refractivity contribution in [1.82, 2.24) is 5.32 Å². The van der Waals surface area contributed by atoms with E-state index < -0.39 is 0 Å². The first kappa shape index (κ1) is 15.4. The molecule has 0 bridgehead atoms. The number of hydrogen-bond acceptors (Lipinski definition) is 3. The van der Waals surface area contributed by atoms with Gasteiger partial charge in [-0.25, -0.2) is 0 Å². The molecule has 0 unspecified atom stereocenters. The van der Waals surface area contributed by atoms with Crippen LogP contribution in [-0.2, 0) is 9.53 Å². The molecule has 5 heteroatoms. The van der Waals surface area contributed by atoms with E-state index in [0.717, 1.165) is 11.3 Å². The Kier molecular flexibility index (Phi) is 6.29. The number of benzene rings is 1. The molecule has 0 aromatic heterocycles. The third kappa shape index (κ3) is 5.70. The van der Waals surface area contributed by atoms with Gasteiger partial charge in [0.05, 0.1) is 7.11 Å². The zero-order valence-corrected chi connectivity index (χ0v) is 12.4. The van der Waals surface area contributed by atoms with E-state index in [1.54, 1.807) is 0 Å². The summed E-state index contributed by atoms with van der Waals surface area (Å²) in [6.07, 6.45) is 1.09. The van der Waals surface area contributed by atoms with Crippen LogP contribution in [0.4, 0.5) is 5.69 Å². The molecule has 0 fully saturated rings. The first-order valence-electron chi connectivity index (χ1n) is 6.22. The minimum absolute atomic E-state index is 0.199. The van der Waals surface area contributed by atoms with Crippen molar-refractivity contribution >= 4 is 29.0 Å². The summed E-state index contributed by atoms with van der Waals surface area (Å²) in [5.74, 6) is -0.199. The molecule has 0 radical (unpaired) electrons. The maximum Gasteiger partial charge on any atom is 0.305 e. The van der Waals surface area contributed by atoms with Crippen LogP contribution >= 0.6 is 12.2 Å². The largest absolute Gasteiger partial charge is 0.469 e. The SMILES string of the molecule is COC(=O)CCCNC(=S)Nc1cc(C)ccc1C. The summed E-state index contributed by atoms with van der Waals surface area (Å²) in [5.41, 5.74) is 3.33. The Morgan fingerprint density at radius 2 is 2.11 bits per heavy atom. The van der Waals surface area contributed by atoms with Crippen molar-refractivity contribution in [3.63, 3.8) is 0 Å². The van der Waals surface area contributed by atoms with Crippen molar-refractivity contribution in [3.8, 4) is 0 Å². The number of rotatable bonds is 5. The highest BCUT2D eigenvalue weighted by Crippen LogP contribution is 2.15. The van der Waals surface area contributed by atoms with E-state index in [4.69, 9.17) is 12.2 Å². The van der Waals surface area contributed by atoms with Crippen LogP contribution in [0.2, 0.25) is 0 Å². The Labute approximate surface area is 119 Å². The summed E-state index contributed by atoms with van der Waals surface area (Å²) in [6, 6.07) is 6.17. The number of aryl methyl sites for hydroxylation is 2. The highest BCUT2D eigenvalue weighted by Gasteiger charge is 2.02. The smallest absolute Gasteiger partial charge is 0.305 e. The Balaban J connectivity index is 2.35. The van der Waals surface area contributed by atoms with E-state index in [1.807, 2.05) is 13.8 Å². The third-order valence-corrected chi connectivity index (χ3v) is 2.96. The first-order valence-corrected chi connectivity index (χ1v) is 6.62. The van der Waals surface area contributed by atoms with Gasteiger partial charge in [0.15, 0.2) is 5.11 Å². The maximum absolute atomic E-state index is 10.9. The second kappa shape index (κ2) is 7.74. The Hall–Kier alpha value is -1.62. The first-order chi connectivity index (χ1) is 9.02. The van der Waals surface area contributed by atoms with Gasteiger partial charge in [0.2, 0.25) is 0 Å². The number of hydrogen-bond donors (Lipinski definition) is 2. The van der Waals surface area contributed by atoms with Crippen molar-refractivity contribution in [3.05, 3.63) is 29.3 Å². The van der Waals surface area contributed by atoms with E-state index >= 15 is 0 Å². The molecule has 0 amide bonds. The Bertz CT molecular complexity index is 461. The second-order valence-electron chi connectivity index (χ2n) is 4.38. The molecule has 0 heterocycles. The molecule has 2 N–H and O–H groups in total. The molecule has 0 spiro atoms. The van der Waals surface area contributed by atoms with Gasteiger partial charge in [-0.05, 0) is 49.7 Å². The monoisotopic (exact) mass is 280 g/mol. The second-order valence-corrected chi connectivity index (χ2v) is 4.79. The molecule has 0 saturated carbocycles. The van der Waals surface area contributed by atoms with Crippen molar-refractivity contribution in [2.75, 3.05) is 19.0 Å². The zero-order valence-electron chi connectivity index (χ0n) is 11.6. The van der Waals surface area contributed by atoms with E-state index in [-0.39, 0.29) is 5.97 Å². The highest BCUT2D eigenvalue weighted by atomic mass is 32.1. The average molecular weight is 280 g/mol. The zero-order chi connectivity index (χ0) is 14.3. The number of esters is 1. The number of methoxy groups -OCH3 is 1. The normalized spacial score (nSPS) is 9.84. The van der Waals surface area contributed by atoms with Crippen LogP contribution in [0.15, 0.2) is 18.2 Å². The molecule has 19 heavy (non-hydrogen) atoms. The standard InChI is InChI=1S/C14H20N2O2S/c1-10-6-7-11(2)12(9-10)16-14(19)15-8-4-5-13(17)18-3/h6-7,9H,4-5,8H2,1-3H3,(H2,15,16,19). The molecule has 1 aromatic rings. The van der Waals surface area contributed by atoms with Crippen LogP contribution < -0.4 is 10.6 Å². The highest BCUT2D eigenvalue weighted by molar-refractivity contribution is 7.80. The minimum atomic E-state index is -0.199. The van der Waals surface area contributed by atoms with Crippen LogP contribution in [0.25, 0.3) is 0 Å². The summed E-state index contributed by atoms with van der Waals surface area (Å²) in [7, 11) is 1.39.